The zero-order valence-corrected chi connectivity index (χ0v) is 18.4. The van der Waals surface area contributed by atoms with Gasteiger partial charge in [-0.1, -0.05) is 60.7 Å². The van der Waals surface area contributed by atoms with Gasteiger partial charge in [0.1, 0.15) is 5.82 Å². The summed E-state index contributed by atoms with van der Waals surface area (Å²) in [4.78, 5) is 34.9. The number of rotatable bonds is 9. The van der Waals surface area contributed by atoms with Gasteiger partial charge in [0.2, 0.25) is 0 Å². The number of carbonyl (C=O) groups excluding carboxylic acids is 2. The van der Waals surface area contributed by atoms with E-state index in [4.69, 9.17) is 9.47 Å². The van der Waals surface area contributed by atoms with Crippen molar-refractivity contribution in [1.82, 2.24) is 9.78 Å². The van der Waals surface area contributed by atoms with E-state index in [1.165, 1.54) is 18.2 Å². The summed E-state index contributed by atoms with van der Waals surface area (Å²) >= 11 is 0. The highest BCUT2D eigenvalue weighted by Gasteiger charge is 2.17. The Morgan fingerprint density at radius 3 is 2.29 bits per heavy atom. The minimum absolute atomic E-state index is 0.0703. The molecule has 0 saturated carbocycles. The van der Waals surface area contributed by atoms with Gasteiger partial charge >= 0.3 is 11.7 Å². The van der Waals surface area contributed by atoms with Crippen LogP contribution in [0.4, 0.5) is 11.5 Å². The van der Waals surface area contributed by atoms with Gasteiger partial charge in [-0.25, -0.2) is 9.48 Å². The van der Waals surface area contributed by atoms with Crippen molar-refractivity contribution in [2.24, 2.45) is 0 Å². The Balaban J connectivity index is 1.40. The van der Waals surface area contributed by atoms with E-state index >= 15 is 0 Å². The second-order valence-electron chi connectivity index (χ2n) is 7.25. The van der Waals surface area contributed by atoms with Crippen LogP contribution in [0.2, 0.25) is 0 Å². The number of amides is 1. The summed E-state index contributed by atoms with van der Waals surface area (Å²) in [7, 11) is 0. The maximum absolute atomic E-state index is 12.5. The molecule has 0 aliphatic rings. The van der Waals surface area contributed by atoms with E-state index in [9.17, 15) is 19.7 Å². The predicted octanol–water partition coefficient (Wildman–Crippen LogP) is 4.01. The highest BCUT2D eigenvalue weighted by atomic mass is 16.6. The van der Waals surface area contributed by atoms with Crippen LogP contribution < -0.4 is 10.1 Å². The topological polar surface area (TPSA) is 126 Å². The highest BCUT2D eigenvalue weighted by molar-refractivity contribution is 5.93. The molecule has 35 heavy (non-hydrogen) atoms. The van der Waals surface area contributed by atoms with Gasteiger partial charge in [0.25, 0.3) is 5.91 Å². The number of nitrogens with one attached hydrogen (secondary N) is 1. The van der Waals surface area contributed by atoms with Crippen LogP contribution in [0, 0.1) is 10.1 Å². The normalized spacial score (nSPS) is 10.4. The molecule has 1 aromatic heterocycles. The third-order valence-electron chi connectivity index (χ3n) is 4.82. The zero-order valence-electron chi connectivity index (χ0n) is 18.4. The number of anilines is 1. The quantitative estimate of drug-likeness (QED) is 0.222. The number of nitro benzene ring substituents is 1. The number of nitrogens with zero attached hydrogens (tertiary/aromatic N) is 3. The van der Waals surface area contributed by atoms with Crippen LogP contribution in [0.3, 0.4) is 0 Å². The molecule has 3 aromatic carbocycles. The molecule has 0 unspecified atom stereocenters. The second-order valence-corrected chi connectivity index (χ2v) is 7.25. The molecule has 0 atom stereocenters. The molecule has 0 radical (unpaired) electrons. The Kier molecular flexibility index (Phi) is 7.12. The Morgan fingerprint density at radius 2 is 1.57 bits per heavy atom. The largest absolute Gasteiger partial charge is 0.475 e. The van der Waals surface area contributed by atoms with Crippen LogP contribution in [0.1, 0.15) is 0 Å². The molecule has 1 amide bonds. The summed E-state index contributed by atoms with van der Waals surface area (Å²) in [6, 6.07) is 26.1. The summed E-state index contributed by atoms with van der Waals surface area (Å²) in [5.74, 6) is -1.10. The maximum Gasteiger partial charge on any atom is 0.344 e. The minimum Gasteiger partial charge on any atom is -0.475 e. The first kappa shape index (κ1) is 23.2. The van der Waals surface area contributed by atoms with E-state index in [1.54, 1.807) is 16.8 Å². The molecule has 4 rings (SSSR count). The molecule has 0 saturated heterocycles. The number of aromatic nitrogens is 2. The summed E-state index contributed by atoms with van der Waals surface area (Å²) < 4.78 is 11.7. The monoisotopic (exact) mass is 472 g/mol. The molecule has 0 bridgehead atoms. The van der Waals surface area contributed by atoms with Crippen molar-refractivity contribution in [1.29, 1.82) is 0 Å². The first-order valence-corrected chi connectivity index (χ1v) is 10.5. The van der Waals surface area contributed by atoms with E-state index < -0.39 is 30.0 Å². The van der Waals surface area contributed by atoms with Gasteiger partial charge in [-0.3, -0.25) is 14.9 Å². The smallest absolute Gasteiger partial charge is 0.344 e. The van der Waals surface area contributed by atoms with Crippen molar-refractivity contribution >= 4 is 23.4 Å². The lowest BCUT2D eigenvalue weighted by atomic mass is 10.2. The molecule has 1 heterocycles. The van der Waals surface area contributed by atoms with Crippen molar-refractivity contribution in [3.8, 4) is 22.7 Å². The molecule has 4 aromatic rings. The Morgan fingerprint density at radius 1 is 0.914 bits per heavy atom. The van der Waals surface area contributed by atoms with Crippen LogP contribution in [-0.4, -0.2) is 39.8 Å². The first-order chi connectivity index (χ1) is 17.0. The van der Waals surface area contributed by atoms with Gasteiger partial charge < -0.3 is 14.8 Å². The molecule has 176 valence electrons. The Hall–Kier alpha value is -4.99. The number of ether oxygens (including phenoxy) is 2. The number of para-hydroxylation sites is 3. The van der Waals surface area contributed by atoms with Gasteiger partial charge in [-0.2, -0.15) is 5.10 Å². The summed E-state index contributed by atoms with van der Waals surface area (Å²) in [5, 5.41) is 18.3. The van der Waals surface area contributed by atoms with Crippen LogP contribution in [0.15, 0.2) is 91.0 Å². The van der Waals surface area contributed by atoms with E-state index in [1.807, 2.05) is 60.7 Å². The summed E-state index contributed by atoms with van der Waals surface area (Å²) in [6.45, 7) is -1.15. The SMILES string of the molecule is O=C(COC(=O)COc1ccccc1[N+](=O)[O-])Nc1cc(-c2ccccc2)nn1-c1ccccc1. The molecule has 0 aliphatic carbocycles. The van der Waals surface area contributed by atoms with Crippen molar-refractivity contribution in [2.45, 2.75) is 0 Å². The zero-order chi connectivity index (χ0) is 24.6. The lowest BCUT2D eigenvalue weighted by Crippen LogP contribution is -2.24. The second kappa shape index (κ2) is 10.8. The Bertz CT molecular complexity index is 1340. The van der Waals surface area contributed by atoms with Crippen LogP contribution in [-0.2, 0) is 14.3 Å². The average molecular weight is 472 g/mol. The van der Waals surface area contributed by atoms with Crippen LogP contribution in [0.25, 0.3) is 16.9 Å². The van der Waals surface area contributed by atoms with Gasteiger partial charge in [0, 0.05) is 17.7 Å². The fourth-order valence-electron chi connectivity index (χ4n) is 3.22. The third kappa shape index (κ3) is 5.88. The van der Waals surface area contributed by atoms with Crippen molar-refractivity contribution in [3.05, 3.63) is 101 Å². The highest BCUT2D eigenvalue weighted by Crippen LogP contribution is 2.26. The number of carbonyl (C=O) groups is 2. The fourth-order valence-corrected chi connectivity index (χ4v) is 3.22. The lowest BCUT2D eigenvalue weighted by molar-refractivity contribution is -0.385. The standard InChI is InChI=1S/C25H20N4O6/c30-24(16-35-25(31)17-34-22-14-8-7-13-21(22)29(32)33)26-23-15-20(18-9-3-1-4-10-18)27-28(23)19-11-5-2-6-12-19/h1-15H,16-17H2,(H,26,30). The van der Waals surface area contributed by atoms with E-state index in [2.05, 4.69) is 10.4 Å². The average Bonchev–Trinajstić information content (AvgIpc) is 3.31. The summed E-state index contributed by atoms with van der Waals surface area (Å²) in [6.07, 6.45) is 0. The van der Waals surface area contributed by atoms with Crippen LogP contribution in [0.5, 0.6) is 5.75 Å². The number of hydrogen-bond acceptors (Lipinski definition) is 7. The molecule has 0 spiro atoms. The molecular weight excluding hydrogens is 452 g/mol. The fraction of sp³-hybridized carbons (Fsp3) is 0.0800. The van der Waals surface area contributed by atoms with Crippen molar-refractivity contribution in [3.63, 3.8) is 0 Å². The number of hydrogen-bond donors (Lipinski definition) is 1. The van der Waals surface area contributed by atoms with Gasteiger partial charge in [0.05, 0.1) is 16.3 Å². The first-order valence-electron chi connectivity index (χ1n) is 10.5. The molecule has 10 heteroatoms. The van der Waals surface area contributed by atoms with Gasteiger partial charge in [-0.15, -0.1) is 0 Å². The van der Waals surface area contributed by atoms with E-state index in [-0.39, 0.29) is 11.4 Å². The molecule has 0 fully saturated rings. The maximum atomic E-state index is 12.5. The Labute approximate surface area is 199 Å². The van der Waals surface area contributed by atoms with Gasteiger partial charge in [0.15, 0.2) is 19.0 Å². The van der Waals surface area contributed by atoms with Crippen LogP contribution >= 0.6 is 0 Å². The number of nitro groups is 1. The van der Waals surface area contributed by atoms with Crippen molar-refractivity contribution < 1.29 is 24.0 Å². The van der Waals surface area contributed by atoms with E-state index in [0.29, 0.717) is 11.5 Å². The minimum atomic E-state index is -0.847. The van der Waals surface area contributed by atoms with Gasteiger partial charge in [-0.05, 0) is 18.2 Å². The molecular formula is C25H20N4O6. The third-order valence-corrected chi connectivity index (χ3v) is 4.82. The van der Waals surface area contributed by atoms with E-state index in [0.717, 1.165) is 11.3 Å². The lowest BCUT2D eigenvalue weighted by Gasteiger charge is -2.10. The molecule has 10 nitrogen and oxygen atoms in total. The molecule has 0 aliphatic heterocycles. The summed E-state index contributed by atoms with van der Waals surface area (Å²) in [5.41, 5.74) is 1.98. The van der Waals surface area contributed by atoms with Crippen molar-refractivity contribution in [2.75, 3.05) is 18.5 Å². The molecule has 1 N–H and O–H groups in total. The predicted molar refractivity (Wildman–Crippen MR) is 127 cm³/mol. The number of esters is 1. The number of benzene rings is 3.